The van der Waals surface area contributed by atoms with E-state index < -0.39 is 28.6 Å². The van der Waals surface area contributed by atoms with Crippen LogP contribution in [0.4, 0.5) is 5.69 Å². The lowest BCUT2D eigenvalue weighted by atomic mass is 10.1. The highest BCUT2D eigenvalue weighted by Crippen LogP contribution is 2.34. The van der Waals surface area contributed by atoms with Crippen LogP contribution in [0.2, 0.25) is 5.02 Å². The third-order valence-corrected chi connectivity index (χ3v) is 8.94. The van der Waals surface area contributed by atoms with Crippen LogP contribution in [-0.4, -0.2) is 43.7 Å². The molecule has 0 saturated heterocycles. The van der Waals surface area contributed by atoms with Crippen LogP contribution < -0.4 is 15.0 Å². The van der Waals surface area contributed by atoms with Gasteiger partial charge in [-0.25, -0.2) is 8.42 Å². The molecule has 1 aliphatic heterocycles. The summed E-state index contributed by atoms with van der Waals surface area (Å²) in [7, 11) is -4.08. The molecular formula is C32H30ClN3O5S. The lowest BCUT2D eigenvalue weighted by Gasteiger charge is -2.35. The predicted octanol–water partition coefficient (Wildman–Crippen LogP) is 4.95. The van der Waals surface area contributed by atoms with Gasteiger partial charge in [-0.15, -0.1) is 0 Å². The van der Waals surface area contributed by atoms with E-state index in [-0.39, 0.29) is 23.9 Å². The van der Waals surface area contributed by atoms with E-state index in [2.05, 4.69) is 5.32 Å². The molecule has 5 rings (SSSR count). The molecule has 0 radical (unpaired) electrons. The molecule has 0 saturated carbocycles. The standard InChI is InChI=1S/C32H30ClN3O5S/c1-23-14-16-27(17-15-23)42(39,40)35(20-25-10-7-11-26(33)18-25)22-31(37)36-21-30(41-29-13-6-5-12-28(29)36)32(38)34-19-24-8-3-2-4-9-24/h2-18,30H,19-22H2,1H3,(H,34,38)/t30-/m1/s1. The highest BCUT2D eigenvalue weighted by molar-refractivity contribution is 7.89. The number of benzene rings is 4. The van der Waals surface area contributed by atoms with Crippen molar-refractivity contribution in [2.75, 3.05) is 18.0 Å². The van der Waals surface area contributed by atoms with Crippen molar-refractivity contribution in [1.29, 1.82) is 0 Å². The van der Waals surface area contributed by atoms with Gasteiger partial charge < -0.3 is 15.0 Å². The highest BCUT2D eigenvalue weighted by Gasteiger charge is 2.36. The molecular weight excluding hydrogens is 574 g/mol. The molecule has 0 aromatic heterocycles. The fourth-order valence-corrected chi connectivity index (χ4v) is 6.26. The minimum atomic E-state index is -4.08. The van der Waals surface area contributed by atoms with Gasteiger partial charge in [-0.2, -0.15) is 4.31 Å². The average molecular weight is 604 g/mol. The summed E-state index contributed by atoms with van der Waals surface area (Å²) < 4.78 is 34.8. The van der Waals surface area contributed by atoms with E-state index in [1.807, 2.05) is 37.3 Å². The largest absolute Gasteiger partial charge is 0.477 e. The van der Waals surface area contributed by atoms with Crippen LogP contribution in [0, 0.1) is 6.92 Å². The van der Waals surface area contributed by atoms with Gasteiger partial charge >= 0.3 is 0 Å². The minimum Gasteiger partial charge on any atom is -0.477 e. The normalized spacial score (nSPS) is 14.6. The van der Waals surface area contributed by atoms with Gasteiger partial charge in [0.05, 0.1) is 23.7 Å². The molecule has 0 spiro atoms. The van der Waals surface area contributed by atoms with Gasteiger partial charge in [-0.1, -0.05) is 83.9 Å². The van der Waals surface area contributed by atoms with Crippen molar-refractivity contribution in [1.82, 2.24) is 9.62 Å². The Kier molecular flexibility index (Phi) is 8.91. The molecule has 1 atom stereocenters. The Balaban J connectivity index is 1.41. The molecule has 1 N–H and O–H groups in total. The van der Waals surface area contributed by atoms with Crippen LogP contribution in [0.1, 0.15) is 16.7 Å². The van der Waals surface area contributed by atoms with Gasteiger partial charge in [0, 0.05) is 18.1 Å². The van der Waals surface area contributed by atoms with Gasteiger partial charge in [0.15, 0.2) is 6.10 Å². The molecule has 8 nitrogen and oxygen atoms in total. The van der Waals surface area contributed by atoms with Gasteiger partial charge in [0.25, 0.3) is 5.91 Å². The van der Waals surface area contributed by atoms with E-state index in [4.69, 9.17) is 16.3 Å². The molecule has 1 aliphatic rings. The fraction of sp³-hybridized carbons (Fsp3) is 0.188. The molecule has 2 amide bonds. The Morgan fingerprint density at radius 2 is 1.62 bits per heavy atom. The molecule has 0 fully saturated rings. The molecule has 0 bridgehead atoms. The lowest BCUT2D eigenvalue weighted by molar-refractivity contribution is -0.128. The summed E-state index contributed by atoms with van der Waals surface area (Å²) in [5.41, 5.74) is 2.93. The van der Waals surface area contributed by atoms with Crippen molar-refractivity contribution in [3.8, 4) is 5.75 Å². The van der Waals surface area contributed by atoms with Crippen molar-refractivity contribution in [2.24, 2.45) is 0 Å². The summed E-state index contributed by atoms with van der Waals surface area (Å²) >= 11 is 6.18. The summed E-state index contributed by atoms with van der Waals surface area (Å²) in [6.07, 6.45) is -0.984. The highest BCUT2D eigenvalue weighted by atomic mass is 35.5. The van der Waals surface area contributed by atoms with Crippen molar-refractivity contribution in [3.63, 3.8) is 0 Å². The Morgan fingerprint density at radius 3 is 2.36 bits per heavy atom. The number of ether oxygens (including phenoxy) is 1. The quantitative estimate of drug-likeness (QED) is 0.292. The number of aryl methyl sites for hydroxylation is 1. The first-order chi connectivity index (χ1) is 20.2. The zero-order chi connectivity index (χ0) is 29.7. The number of nitrogens with one attached hydrogen (secondary N) is 1. The summed E-state index contributed by atoms with van der Waals surface area (Å²) in [5, 5.41) is 3.32. The number of carbonyl (C=O) groups is 2. The second kappa shape index (κ2) is 12.8. The number of nitrogens with zero attached hydrogens (tertiary/aromatic N) is 2. The Bertz CT molecular complexity index is 1680. The maximum atomic E-state index is 13.9. The van der Waals surface area contributed by atoms with E-state index in [1.165, 1.54) is 17.0 Å². The zero-order valence-corrected chi connectivity index (χ0v) is 24.5. The summed E-state index contributed by atoms with van der Waals surface area (Å²) in [6, 6.07) is 29.7. The third-order valence-electron chi connectivity index (χ3n) is 6.90. The number of para-hydroxylation sites is 2. The zero-order valence-electron chi connectivity index (χ0n) is 22.9. The van der Waals surface area contributed by atoms with Crippen LogP contribution in [0.25, 0.3) is 0 Å². The van der Waals surface area contributed by atoms with Crippen molar-refractivity contribution >= 4 is 39.1 Å². The van der Waals surface area contributed by atoms with Crippen LogP contribution in [-0.2, 0) is 32.7 Å². The molecule has 10 heteroatoms. The first-order valence-corrected chi connectivity index (χ1v) is 15.2. The summed E-state index contributed by atoms with van der Waals surface area (Å²) in [4.78, 5) is 28.5. The molecule has 0 aliphatic carbocycles. The predicted molar refractivity (Wildman–Crippen MR) is 162 cm³/mol. The van der Waals surface area contributed by atoms with Gasteiger partial charge in [-0.05, 0) is 54.4 Å². The second-order valence-electron chi connectivity index (χ2n) is 10.00. The Morgan fingerprint density at radius 1 is 0.929 bits per heavy atom. The molecule has 42 heavy (non-hydrogen) atoms. The number of anilines is 1. The van der Waals surface area contributed by atoms with Crippen LogP contribution in [0.5, 0.6) is 5.75 Å². The summed E-state index contributed by atoms with van der Waals surface area (Å²) in [6.45, 7) is 1.56. The van der Waals surface area contributed by atoms with Crippen LogP contribution >= 0.6 is 11.6 Å². The lowest BCUT2D eigenvalue weighted by Crippen LogP contribution is -2.52. The smallest absolute Gasteiger partial charge is 0.263 e. The van der Waals surface area contributed by atoms with E-state index in [9.17, 15) is 18.0 Å². The van der Waals surface area contributed by atoms with E-state index >= 15 is 0 Å². The topological polar surface area (TPSA) is 96.0 Å². The second-order valence-corrected chi connectivity index (χ2v) is 12.4. The van der Waals surface area contributed by atoms with E-state index in [1.54, 1.807) is 60.7 Å². The molecule has 0 unspecified atom stereocenters. The molecule has 1 heterocycles. The monoisotopic (exact) mass is 603 g/mol. The molecule has 4 aromatic rings. The number of hydrogen-bond donors (Lipinski definition) is 1. The molecule has 216 valence electrons. The maximum Gasteiger partial charge on any atom is 0.263 e. The molecule has 4 aromatic carbocycles. The van der Waals surface area contributed by atoms with E-state index in [0.717, 1.165) is 15.4 Å². The maximum absolute atomic E-state index is 13.9. The first-order valence-electron chi connectivity index (χ1n) is 13.4. The SMILES string of the molecule is Cc1ccc(S(=O)(=O)N(CC(=O)N2C[C@H](C(=O)NCc3ccccc3)Oc3ccccc32)Cc2cccc(Cl)c2)cc1. The number of amides is 2. The van der Waals surface area contributed by atoms with Gasteiger partial charge in [-0.3, -0.25) is 9.59 Å². The first kappa shape index (κ1) is 29.3. The van der Waals surface area contributed by atoms with Gasteiger partial charge in [0.1, 0.15) is 5.75 Å². The van der Waals surface area contributed by atoms with Crippen molar-refractivity contribution < 1.29 is 22.7 Å². The summed E-state index contributed by atoms with van der Waals surface area (Å²) in [5.74, 6) is -0.515. The van der Waals surface area contributed by atoms with Crippen molar-refractivity contribution in [2.45, 2.75) is 31.0 Å². The Hall–Kier alpha value is -4.18. The number of rotatable bonds is 9. The minimum absolute atomic E-state index is 0.0727. The van der Waals surface area contributed by atoms with Gasteiger partial charge in [0.2, 0.25) is 15.9 Å². The number of sulfonamides is 1. The third kappa shape index (κ3) is 6.82. The number of halogens is 1. The number of carbonyl (C=O) groups excluding carboxylic acids is 2. The van der Waals surface area contributed by atoms with E-state index in [0.29, 0.717) is 28.6 Å². The van der Waals surface area contributed by atoms with Crippen LogP contribution in [0.15, 0.2) is 108 Å². The number of hydrogen-bond acceptors (Lipinski definition) is 5. The van der Waals surface area contributed by atoms with Crippen LogP contribution in [0.3, 0.4) is 0 Å². The number of fused-ring (bicyclic) bond motifs is 1. The Labute approximate surface area is 250 Å². The fourth-order valence-electron chi connectivity index (χ4n) is 4.67. The average Bonchev–Trinajstić information content (AvgIpc) is 2.99. The van der Waals surface area contributed by atoms with Crippen molar-refractivity contribution in [3.05, 3.63) is 125 Å².